The van der Waals surface area contributed by atoms with E-state index in [1.54, 1.807) is 20.2 Å². The maximum atomic E-state index is 12.8. The quantitative estimate of drug-likeness (QED) is 0.641. The lowest BCUT2D eigenvalue weighted by atomic mass is 9.53. The van der Waals surface area contributed by atoms with E-state index in [1.807, 2.05) is 35.0 Å². The number of hydrogen-bond acceptors (Lipinski definition) is 5. The molecule has 7 nitrogen and oxygen atoms in total. The molecule has 1 heterocycles. The van der Waals surface area contributed by atoms with Crippen molar-refractivity contribution in [2.45, 2.75) is 61.4 Å². The van der Waals surface area contributed by atoms with Crippen LogP contribution in [0.1, 0.15) is 45.4 Å². The van der Waals surface area contributed by atoms with E-state index in [9.17, 15) is 9.59 Å². The highest BCUT2D eigenvalue weighted by atomic mass is 32.2. The molecule has 2 N–H and O–H groups in total. The van der Waals surface area contributed by atoms with Crippen molar-refractivity contribution in [3.63, 3.8) is 0 Å². The van der Waals surface area contributed by atoms with Gasteiger partial charge in [0, 0.05) is 24.0 Å². The Labute approximate surface area is 192 Å². The van der Waals surface area contributed by atoms with Crippen LogP contribution in [0, 0.1) is 17.8 Å². The van der Waals surface area contributed by atoms with Crippen LogP contribution in [-0.4, -0.2) is 39.4 Å². The molecule has 0 aliphatic heterocycles. The van der Waals surface area contributed by atoms with Crippen LogP contribution < -0.4 is 15.4 Å². The molecule has 4 aliphatic carbocycles. The van der Waals surface area contributed by atoms with E-state index in [0.29, 0.717) is 5.16 Å². The number of aromatic nitrogens is 2. The number of carbonyl (C=O) groups excluding carboxylic acids is 2. The molecule has 1 aromatic carbocycles. The zero-order valence-electron chi connectivity index (χ0n) is 18.5. The van der Waals surface area contributed by atoms with Gasteiger partial charge in [-0.05, 0) is 75.3 Å². The number of hydrogen-bond donors (Lipinski definition) is 2. The molecule has 6 rings (SSSR count). The van der Waals surface area contributed by atoms with Gasteiger partial charge in [0.25, 0.3) is 0 Å². The lowest BCUT2D eigenvalue weighted by Crippen LogP contribution is -2.62. The number of amides is 3. The molecule has 8 heteroatoms. The van der Waals surface area contributed by atoms with Crippen molar-refractivity contribution < 1.29 is 14.3 Å². The first kappa shape index (κ1) is 21.4. The summed E-state index contributed by atoms with van der Waals surface area (Å²) in [6.07, 6.45) is 10.7. The molecule has 170 valence electrons. The molecular weight excluding hydrogens is 424 g/mol. The molecule has 4 saturated carbocycles. The van der Waals surface area contributed by atoms with Crippen molar-refractivity contribution in [3.05, 3.63) is 36.7 Å². The molecule has 0 spiro atoms. The fraction of sp³-hybridized carbons (Fsp3) is 0.542. The van der Waals surface area contributed by atoms with Crippen LogP contribution in [0.15, 0.2) is 41.8 Å². The largest absolute Gasteiger partial charge is 0.497 e. The average molecular weight is 455 g/mol. The lowest BCUT2D eigenvalue weighted by Gasteiger charge is -2.56. The summed E-state index contributed by atoms with van der Waals surface area (Å²) in [6.45, 7) is 1.79. The second kappa shape index (κ2) is 8.46. The van der Waals surface area contributed by atoms with Crippen LogP contribution in [-0.2, 0) is 4.79 Å². The third kappa shape index (κ3) is 4.25. The number of benzene rings is 1. The summed E-state index contributed by atoms with van der Waals surface area (Å²) in [5, 5.41) is 6.00. The number of imidazole rings is 1. The zero-order chi connectivity index (χ0) is 22.3. The monoisotopic (exact) mass is 454 g/mol. The number of nitrogens with one attached hydrogen (secondary N) is 2. The Morgan fingerprint density at radius 1 is 1.19 bits per heavy atom. The topological polar surface area (TPSA) is 85.2 Å². The highest BCUT2D eigenvalue weighted by molar-refractivity contribution is 8.00. The molecule has 1 atom stereocenters. The normalized spacial score (nSPS) is 28.9. The van der Waals surface area contributed by atoms with Gasteiger partial charge in [0.15, 0.2) is 5.16 Å². The summed E-state index contributed by atoms with van der Waals surface area (Å²) >= 11 is 1.32. The minimum atomic E-state index is -0.469. The van der Waals surface area contributed by atoms with Gasteiger partial charge < -0.3 is 10.1 Å². The smallest absolute Gasteiger partial charge is 0.321 e. The summed E-state index contributed by atoms with van der Waals surface area (Å²) in [7, 11) is 1.63. The van der Waals surface area contributed by atoms with Gasteiger partial charge in [-0.25, -0.2) is 9.78 Å². The third-order valence-corrected chi connectivity index (χ3v) is 8.32. The third-order valence-electron chi connectivity index (χ3n) is 7.24. The molecule has 2 aromatic rings. The molecule has 1 unspecified atom stereocenters. The Balaban J connectivity index is 1.20. The highest BCUT2D eigenvalue weighted by Crippen LogP contribution is 2.55. The predicted molar refractivity (Wildman–Crippen MR) is 123 cm³/mol. The Kier molecular flexibility index (Phi) is 5.65. The number of urea groups is 1. The van der Waals surface area contributed by atoms with Gasteiger partial charge in [-0.15, -0.1) is 0 Å². The Morgan fingerprint density at radius 2 is 1.88 bits per heavy atom. The van der Waals surface area contributed by atoms with Crippen molar-refractivity contribution in [2.24, 2.45) is 17.8 Å². The standard InChI is InChI=1S/C24H30N4O3S/c1-15(32-23-25-6-7-28(23)19-4-3-5-20(11-19)31-2)21(29)26-22(30)27-24-12-16-8-17(13-24)10-18(9-16)14-24/h3-7,11,15-18H,8-10,12-14H2,1-2H3,(H2,26,27,29,30). The van der Waals surface area contributed by atoms with E-state index in [2.05, 4.69) is 15.6 Å². The summed E-state index contributed by atoms with van der Waals surface area (Å²) in [4.78, 5) is 29.9. The number of nitrogens with zero attached hydrogens (tertiary/aromatic N) is 2. The van der Waals surface area contributed by atoms with Crippen LogP contribution in [0.4, 0.5) is 4.79 Å². The van der Waals surface area contributed by atoms with Crippen LogP contribution in [0.25, 0.3) is 5.69 Å². The van der Waals surface area contributed by atoms with E-state index in [-0.39, 0.29) is 17.5 Å². The van der Waals surface area contributed by atoms with E-state index in [4.69, 9.17) is 4.74 Å². The lowest BCUT2D eigenvalue weighted by molar-refractivity contribution is -0.119. The van der Waals surface area contributed by atoms with Crippen molar-refractivity contribution in [2.75, 3.05) is 7.11 Å². The molecule has 1 aromatic heterocycles. The molecule has 0 saturated heterocycles. The Morgan fingerprint density at radius 3 is 2.53 bits per heavy atom. The predicted octanol–water partition coefficient (Wildman–Crippen LogP) is 4.16. The summed E-state index contributed by atoms with van der Waals surface area (Å²) in [5.41, 5.74) is 0.787. The van der Waals surface area contributed by atoms with Crippen molar-refractivity contribution in [3.8, 4) is 11.4 Å². The van der Waals surface area contributed by atoms with Crippen LogP contribution in [0.3, 0.4) is 0 Å². The number of rotatable bonds is 6. The number of ether oxygens (including phenoxy) is 1. The van der Waals surface area contributed by atoms with E-state index >= 15 is 0 Å². The molecule has 32 heavy (non-hydrogen) atoms. The number of carbonyl (C=O) groups is 2. The van der Waals surface area contributed by atoms with Gasteiger partial charge in [0.1, 0.15) is 5.75 Å². The van der Waals surface area contributed by atoms with Crippen LogP contribution >= 0.6 is 11.8 Å². The van der Waals surface area contributed by atoms with E-state index < -0.39 is 5.25 Å². The summed E-state index contributed by atoms with van der Waals surface area (Å²) in [5.74, 6) is 2.66. The van der Waals surface area contributed by atoms with Gasteiger partial charge >= 0.3 is 6.03 Å². The van der Waals surface area contributed by atoms with Gasteiger partial charge in [-0.3, -0.25) is 14.7 Å². The molecule has 0 radical (unpaired) electrons. The first-order valence-electron chi connectivity index (χ1n) is 11.4. The summed E-state index contributed by atoms with van der Waals surface area (Å²) < 4.78 is 7.22. The SMILES string of the molecule is COc1cccc(-n2ccnc2SC(C)C(=O)NC(=O)NC23CC4CC(CC(C4)C2)C3)c1. The van der Waals surface area contributed by atoms with Gasteiger partial charge in [0.05, 0.1) is 18.0 Å². The molecule has 3 amide bonds. The molecule has 4 bridgehead atoms. The second-order valence-electron chi connectivity index (χ2n) is 9.68. The van der Waals surface area contributed by atoms with Crippen molar-refractivity contribution in [1.82, 2.24) is 20.2 Å². The van der Waals surface area contributed by atoms with Crippen molar-refractivity contribution in [1.29, 1.82) is 0 Å². The van der Waals surface area contributed by atoms with Crippen LogP contribution in [0.5, 0.6) is 5.75 Å². The fourth-order valence-electron chi connectivity index (χ4n) is 6.29. The minimum Gasteiger partial charge on any atom is -0.497 e. The zero-order valence-corrected chi connectivity index (χ0v) is 19.4. The maximum Gasteiger partial charge on any atom is 0.321 e. The Bertz CT molecular complexity index is 985. The second-order valence-corrected chi connectivity index (χ2v) is 11.0. The van der Waals surface area contributed by atoms with Crippen LogP contribution in [0.2, 0.25) is 0 Å². The molecule has 4 aliphatic rings. The number of methoxy groups -OCH3 is 1. The van der Waals surface area contributed by atoms with E-state index in [1.165, 1.54) is 31.0 Å². The first-order chi connectivity index (χ1) is 15.4. The van der Waals surface area contributed by atoms with Crippen molar-refractivity contribution >= 4 is 23.7 Å². The minimum absolute atomic E-state index is 0.113. The van der Waals surface area contributed by atoms with Gasteiger partial charge in [-0.2, -0.15) is 0 Å². The number of thioether (sulfide) groups is 1. The van der Waals surface area contributed by atoms with E-state index in [0.717, 1.165) is 48.5 Å². The average Bonchev–Trinajstić information content (AvgIpc) is 3.20. The first-order valence-corrected chi connectivity index (χ1v) is 12.3. The summed E-state index contributed by atoms with van der Waals surface area (Å²) in [6, 6.07) is 7.30. The van der Waals surface area contributed by atoms with Gasteiger partial charge in [0.2, 0.25) is 5.91 Å². The molecule has 4 fully saturated rings. The van der Waals surface area contributed by atoms with Gasteiger partial charge in [-0.1, -0.05) is 17.8 Å². The maximum absolute atomic E-state index is 12.8. The fourth-order valence-corrected chi connectivity index (χ4v) is 7.18. The number of imide groups is 1. The highest BCUT2D eigenvalue weighted by Gasteiger charge is 2.51. The Hall–Kier alpha value is -2.48. The molecular formula is C24H30N4O3S.